The summed E-state index contributed by atoms with van der Waals surface area (Å²) in [7, 11) is -0.397. The van der Waals surface area contributed by atoms with E-state index in [2.05, 4.69) is 4.98 Å². The Morgan fingerprint density at radius 2 is 2.14 bits per heavy atom. The van der Waals surface area contributed by atoms with Gasteiger partial charge in [0.1, 0.15) is 10.7 Å². The van der Waals surface area contributed by atoms with Crippen LogP contribution in [-0.4, -0.2) is 29.3 Å². The van der Waals surface area contributed by atoms with E-state index < -0.39 is 10.0 Å². The summed E-state index contributed by atoms with van der Waals surface area (Å²) >= 11 is 6.03. The molecule has 21 heavy (non-hydrogen) atoms. The summed E-state index contributed by atoms with van der Waals surface area (Å²) in [6.07, 6.45) is 3.38. The first-order valence-corrected chi connectivity index (χ1v) is 8.09. The Labute approximate surface area is 129 Å². The van der Waals surface area contributed by atoms with E-state index in [1.165, 1.54) is 17.4 Å². The number of hydrogen-bond acceptors (Lipinski definition) is 4. The maximum absolute atomic E-state index is 12.6. The summed E-state index contributed by atoms with van der Waals surface area (Å²) < 4.78 is 28.2. The number of nitrogens with zero attached hydrogens (tertiary/aromatic N) is 3. The molecule has 0 aliphatic heterocycles. The zero-order valence-electron chi connectivity index (χ0n) is 11.8. The number of aryl methyl sites for hydroxylation is 1. The van der Waals surface area contributed by atoms with Gasteiger partial charge in [0.15, 0.2) is 0 Å². The number of imidazole rings is 1. The molecule has 0 radical (unpaired) electrons. The first-order valence-electron chi connectivity index (χ1n) is 6.27. The van der Waals surface area contributed by atoms with Crippen LogP contribution in [0.2, 0.25) is 5.02 Å². The van der Waals surface area contributed by atoms with E-state index >= 15 is 0 Å². The number of nitrogens with two attached hydrogens (primary N) is 1. The molecule has 0 bridgehead atoms. The van der Waals surface area contributed by atoms with Gasteiger partial charge < -0.3 is 10.3 Å². The van der Waals surface area contributed by atoms with Crippen LogP contribution in [0.4, 0.5) is 0 Å². The van der Waals surface area contributed by atoms with Crippen molar-refractivity contribution in [2.45, 2.75) is 18.0 Å². The summed E-state index contributed by atoms with van der Waals surface area (Å²) in [6.45, 7) is 0.414. The molecule has 1 aromatic carbocycles. The van der Waals surface area contributed by atoms with E-state index in [1.54, 1.807) is 29.1 Å². The van der Waals surface area contributed by atoms with E-state index in [1.807, 2.05) is 7.05 Å². The van der Waals surface area contributed by atoms with Crippen LogP contribution in [0.5, 0.6) is 0 Å². The normalized spacial score (nSPS) is 12.0. The van der Waals surface area contributed by atoms with Crippen LogP contribution in [0.15, 0.2) is 35.5 Å². The Morgan fingerprint density at radius 3 is 2.71 bits per heavy atom. The summed E-state index contributed by atoms with van der Waals surface area (Å²) in [5.74, 6) is 0.646. The zero-order chi connectivity index (χ0) is 15.6. The predicted octanol–water partition coefficient (Wildman–Crippen LogP) is 1.35. The molecule has 2 rings (SSSR count). The van der Waals surface area contributed by atoms with Crippen molar-refractivity contribution in [1.82, 2.24) is 13.9 Å². The Morgan fingerprint density at radius 1 is 1.43 bits per heavy atom. The first kappa shape index (κ1) is 16.0. The lowest BCUT2D eigenvalue weighted by Crippen LogP contribution is -2.28. The lowest BCUT2D eigenvalue weighted by atomic mass is 10.2. The van der Waals surface area contributed by atoms with Gasteiger partial charge in [-0.15, -0.1) is 0 Å². The van der Waals surface area contributed by atoms with Crippen LogP contribution >= 0.6 is 11.6 Å². The molecular weight excluding hydrogens is 312 g/mol. The molecule has 0 atom stereocenters. The van der Waals surface area contributed by atoms with E-state index in [0.717, 1.165) is 0 Å². The Kier molecular flexibility index (Phi) is 4.67. The molecule has 6 nitrogen and oxygen atoms in total. The highest BCUT2D eigenvalue weighted by molar-refractivity contribution is 7.89. The highest BCUT2D eigenvalue weighted by Gasteiger charge is 2.25. The van der Waals surface area contributed by atoms with Crippen LogP contribution in [0.25, 0.3) is 0 Å². The van der Waals surface area contributed by atoms with E-state index in [9.17, 15) is 8.42 Å². The molecule has 0 unspecified atom stereocenters. The van der Waals surface area contributed by atoms with E-state index in [0.29, 0.717) is 11.4 Å². The van der Waals surface area contributed by atoms with Crippen molar-refractivity contribution >= 4 is 21.6 Å². The zero-order valence-corrected chi connectivity index (χ0v) is 13.4. The van der Waals surface area contributed by atoms with E-state index in [-0.39, 0.29) is 23.0 Å². The SMILES string of the molecule is CN(Cc1nccn1C)S(=O)(=O)c1cc(CN)ccc1Cl. The lowest BCUT2D eigenvalue weighted by molar-refractivity contribution is 0.451. The molecule has 0 saturated carbocycles. The fourth-order valence-corrected chi connectivity index (χ4v) is 3.52. The van der Waals surface area contributed by atoms with Gasteiger partial charge in [0, 0.05) is 33.0 Å². The van der Waals surface area contributed by atoms with Crippen LogP contribution < -0.4 is 5.73 Å². The van der Waals surface area contributed by atoms with Gasteiger partial charge in [0.05, 0.1) is 11.6 Å². The number of rotatable bonds is 5. The Hall–Kier alpha value is -1.41. The minimum Gasteiger partial charge on any atom is -0.337 e. The van der Waals surface area contributed by atoms with Crippen molar-refractivity contribution in [3.05, 3.63) is 47.0 Å². The van der Waals surface area contributed by atoms with Crippen LogP contribution in [-0.2, 0) is 30.2 Å². The molecule has 114 valence electrons. The minimum atomic E-state index is -3.70. The van der Waals surface area contributed by atoms with Crippen molar-refractivity contribution in [2.75, 3.05) is 7.05 Å². The highest BCUT2D eigenvalue weighted by atomic mass is 35.5. The maximum Gasteiger partial charge on any atom is 0.244 e. The van der Waals surface area contributed by atoms with Gasteiger partial charge in [-0.25, -0.2) is 13.4 Å². The van der Waals surface area contributed by atoms with Gasteiger partial charge in [-0.3, -0.25) is 0 Å². The molecule has 2 N–H and O–H groups in total. The average molecular weight is 329 g/mol. The molecule has 1 aromatic heterocycles. The highest BCUT2D eigenvalue weighted by Crippen LogP contribution is 2.25. The second-order valence-electron chi connectivity index (χ2n) is 4.68. The van der Waals surface area contributed by atoms with Gasteiger partial charge >= 0.3 is 0 Å². The fourth-order valence-electron chi connectivity index (χ4n) is 1.87. The van der Waals surface area contributed by atoms with Crippen molar-refractivity contribution in [3.8, 4) is 0 Å². The van der Waals surface area contributed by atoms with Gasteiger partial charge in [0.2, 0.25) is 10.0 Å². The maximum atomic E-state index is 12.6. The number of sulfonamides is 1. The van der Waals surface area contributed by atoms with Crippen molar-refractivity contribution in [1.29, 1.82) is 0 Å². The van der Waals surface area contributed by atoms with Gasteiger partial charge in [-0.1, -0.05) is 17.7 Å². The monoisotopic (exact) mass is 328 g/mol. The lowest BCUT2D eigenvalue weighted by Gasteiger charge is -2.18. The van der Waals surface area contributed by atoms with Gasteiger partial charge in [-0.05, 0) is 17.7 Å². The standard InChI is InChI=1S/C13H17ClN4O2S/c1-17-6-5-16-13(17)9-18(2)21(19,20)12-7-10(8-15)3-4-11(12)14/h3-7H,8-9,15H2,1-2H3. The van der Waals surface area contributed by atoms with Gasteiger partial charge in [-0.2, -0.15) is 4.31 Å². The molecule has 0 aliphatic carbocycles. The summed E-state index contributed by atoms with van der Waals surface area (Å²) in [6, 6.07) is 4.76. The molecule has 0 saturated heterocycles. The molecule has 0 aliphatic rings. The third-order valence-electron chi connectivity index (χ3n) is 3.20. The summed E-state index contributed by atoms with van der Waals surface area (Å²) in [5, 5.41) is 0.180. The molecule has 0 spiro atoms. The topological polar surface area (TPSA) is 81.2 Å². The predicted molar refractivity (Wildman–Crippen MR) is 81.2 cm³/mol. The second-order valence-corrected chi connectivity index (χ2v) is 7.10. The first-order chi connectivity index (χ1) is 9.86. The van der Waals surface area contributed by atoms with Crippen LogP contribution in [0.3, 0.4) is 0 Å². The number of hydrogen-bond donors (Lipinski definition) is 1. The summed E-state index contributed by atoms with van der Waals surface area (Å²) in [4.78, 5) is 4.18. The minimum absolute atomic E-state index is 0.0591. The smallest absolute Gasteiger partial charge is 0.244 e. The molecular formula is C13H17ClN4O2S. The van der Waals surface area contributed by atoms with Crippen LogP contribution in [0, 0.1) is 0 Å². The second kappa shape index (κ2) is 6.15. The fraction of sp³-hybridized carbons (Fsp3) is 0.308. The Balaban J connectivity index is 2.35. The van der Waals surface area contributed by atoms with Crippen molar-refractivity contribution in [2.24, 2.45) is 12.8 Å². The third kappa shape index (κ3) is 3.26. The summed E-state index contributed by atoms with van der Waals surface area (Å²) in [5.41, 5.74) is 6.26. The number of aromatic nitrogens is 2. The molecule has 8 heteroatoms. The van der Waals surface area contributed by atoms with Crippen LogP contribution in [0.1, 0.15) is 11.4 Å². The average Bonchev–Trinajstić information content (AvgIpc) is 2.84. The molecule has 0 amide bonds. The number of halogens is 1. The largest absolute Gasteiger partial charge is 0.337 e. The van der Waals surface area contributed by atoms with Gasteiger partial charge in [0.25, 0.3) is 0 Å². The molecule has 0 fully saturated rings. The molecule has 1 heterocycles. The van der Waals surface area contributed by atoms with Crippen molar-refractivity contribution < 1.29 is 8.42 Å². The molecule has 2 aromatic rings. The van der Waals surface area contributed by atoms with E-state index in [4.69, 9.17) is 17.3 Å². The third-order valence-corrected chi connectivity index (χ3v) is 5.49. The quantitative estimate of drug-likeness (QED) is 0.898. The number of benzene rings is 1. The van der Waals surface area contributed by atoms with Crippen molar-refractivity contribution in [3.63, 3.8) is 0 Å². The Bertz CT molecular complexity index is 742.